The Morgan fingerprint density at radius 3 is 1.05 bits per heavy atom. The predicted molar refractivity (Wildman–Crippen MR) is 335 cm³/mol. The van der Waals surface area contributed by atoms with Crippen LogP contribution < -0.4 is 5.73 Å². The highest BCUT2D eigenvalue weighted by Gasteiger charge is 2.26. The summed E-state index contributed by atoms with van der Waals surface area (Å²) >= 11 is 0. The Balaban J connectivity index is 3.94. The van der Waals surface area contributed by atoms with Crippen LogP contribution in [-0.2, 0) is 32.7 Å². The van der Waals surface area contributed by atoms with Gasteiger partial charge in [-0.15, -0.1) is 0 Å². The first-order chi connectivity index (χ1) is 38.3. The van der Waals surface area contributed by atoms with Gasteiger partial charge in [0.1, 0.15) is 6.61 Å². The van der Waals surface area contributed by atoms with E-state index in [2.05, 4.69) is 98.9 Å². The zero-order chi connectivity index (χ0) is 56.6. The van der Waals surface area contributed by atoms with Gasteiger partial charge in [-0.25, -0.2) is 4.57 Å². The van der Waals surface area contributed by atoms with E-state index < -0.39 is 26.5 Å². The van der Waals surface area contributed by atoms with E-state index in [0.717, 1.165) is 96.3 Å². The number of nitrogens with two attached hydrogens (primary N) is 1. The van der Waals surface area contributed by atoms with Crippen molar-refractivity contribution in [3.05, 3.63) is 85.1 Å². The third-order valence-electron chi connectivity index (χ3n) is 14.0. The average Bonchev–Trinajstić information content (AvgIpc) is 3.43. The molecule has 0 bridgehead atoms. The number of ether oxygens (including phenoxy) is 2. The lowest BCUT2D eigenvalue weighted by Crippen LogP contribution is -2.29. The van der Waals surface area contributed by atoms with Crippen molar-refractivity contribution in [3.63, 3.8) is 0 Å². The third kappa shape index (κ3) is 62.4. The van der Waals surface area contributed by atoms with Crippen LogP contribution in [-0.4, -0.2) is 49.3 Å². The fourth-order valence-electron chi connectivity index (χ4n) is 9.27. The molecule has 0 saturated carbocycles. The van der Waals surface area contributed by atoms with Gasteiger partial charge in [-0.1, -0.05) is 304 Å². The minimum Gasteiger partial charge on any atom is -0.462 e. The van der Waals surface area contributed by atoms with E-state index in [1.807, 2.05) is 0 Å². The zero-order valence-corrected chi connectivity index (χ0v) is 51.5. The molecule has 3 N–H and O–H groups in total. The van der Waals surface area contributed by atoms with Crippen LogP contribution in [0.1, 0.15) is 303 Å². The van der Waals surface area contributed by atoms with Gasteiger partial charge < -0.3 is 20.1 Å². The molecule has 0 aromatic rings. The van der Waals surface area contributed by atoms with Crippen molar-refractivity contribution in [3.8, 4) is 0 Å². The topological polar surface area (TPSA) is 134 Å². The molecule has 0 heterocycles. The first kappa shape index (κ1) is 75.2. The molecule has 0 aliphatic heterocycles. The molecule has 0 spiro atoms. The smallest absolute Gasteiger partial charge is 0.462 e. The largest absolute Gasteiger partial charge is 0.472 e. The summed E-state index contributed by atoms with van der Waals surface area (Å²) in [5.74, 6) is -0.843. The van der Waals surface area contributed by atoms with E-state index >= 15 is 0 Å². The molecule has 0 amide bonds. The molecule has 2 unspecified atom stereocenters. The SMILES string of the molecule is CC/C=C\C/C=C\C/C=C\C/C=C\C/C=C\C/C=C\C/C=C\CCCCCCCC(=O)OC(COC(=O)CCCCCCCCCCCCCCCCCCCCCCCCCCCCCCCC)COP(=O)(O)OCCN. The molecular weight excluding hydrogens is 990 g/mol. The lowest BCUT2D eigenvalue weighted by molar-refractivity contribution is -0.161. The van der Waals surface area contributed by atoms with Gasteiger partial charge in [-0.05, 0) is 70.6 Å². The van der Waals surface area contributed by atoms with Crippen molar-refractivity contribution < 1.29 is 37.6 Å². The lowest BCUT2D eigenvalue weighted by Gasteiger charge is -2.19. The van der Waals surface area contributed by atoms with Crippen LogP contribution in [0.2, 0.25) is 0 Å². The van der Waals surface area contributed by atoms with Crippen molar-refractivity contribution in [1.82, 2.24) is 0 Å². The molecule has 0 aliphatic carbocycles. The molecule has 10 heteroatoms. The minimum absolute atomic E-state index is 0.0470. The quantitative estimate of drug-likeness (QED) is 0.0264. The number of esters is 2. The Bertz CT molecular complexity index is 1550. The van der Waals surface area contributed by atoms with Gasteiger partial charge in [0.05, 0.1) is 13.2 Å². The summed E-state index contributed by atoms with van der Waals surface area (Å²) in [5, 5.41) is 0. The standard InChI is InChI=1S/C68H122NO8P/c1-3-5-7-9-11-13-15-17-19-21-23-25-27-29-31-32-33-35-36-38-40-42-44-46-48-50-52-54-56-58-60-67(70)74-64-66(65-76-78(72,73)75-63-62-69)77-68(71)61-59-57-55-53-51-49-47-45-43-41-39-37-34-30-28-26-24-22-20-18-16-14-12-10-8-6-4-2/h6,8,12,14,18,20,24,26,30,34,39,41,45,47,66H,3-5,7,9-11,13,15-17,19,21-23,25,27-29,31-33,35-38,40,42-44,46,48-65,69H2,1-2H3,(H,72,73)/b8-6-,14-12-,20-18-,26-24-,34-30-,41-39-,47-45-. The number of unbranched alkanes of at least 4 members (excludes halogenated alkanes) is 34. The molecule has 0 aromatic heterocycles. The van der Waals surface area contributed by atoms with Crippen LogP contribution >= 0.6 is 7.82 Å². The molecule has 0 aromatic carbocycles. The molecule has 452 valence electrons. The Morgan fingerprint density at radius 2 is 0.705 bits per heavy atom. The van der Waals surface area contributed by atoms with Crippen molar-refractivity contribution in [2.45, 2.75) is 309 Å². The molecule has 0 rings (SSSR count). The highest BCUT2D eigenvalue weighted by Crippen LogP contribution is 2.43. The average molecular weight is 1110 g/mol. The van der Waals surface area contributed by atoms with Gasteiger partial charge in [0.25, 0.3) is 0 Å². The minimum atomic E-state index is -4.40. The third-order valence-corrected chi connectivity index (χ3v) is 15.0. The number of phosphoric acid groups is 1. The highest BCUT2D eigenvalue weighted by molar-refractivity contribution is 7.47. The predicted octanol–water partition coefficient (Wildman–Crippen LogP) is 21.0. The van der Waals surface area contributed by atoms with Crippen LogP contribution in [0.25, 0.3) is 0 Å². The Kier molecular flexibility index (Phi) is 61.1. The van der Waals surface area contributed by atoms with Gasteiger partial charge in [0.15, 0.2) is 6.10 Å². The van der Waals surface area contributed by atoms with Crippen LogP contribution in [0.3, 0.4) is 0 Å². The van der Waals surface area contributed by atoms with Gasteiger partial charge in [0, 0.05) is 19.4 Å². The van der Waals surface area contributed by atoms with Gasteiger partial charge in [0.2, 0.25) is 0 Å². The van der Waals surface area contributed by atoms with Gasteiger partial charge in [-0.2, -0.15) is 0 Å². The summed E-state index contributed by atoms with van der Waals surface area (Å²) in [6.07, 6.45) is 83.8. The van der Waals surface area contributed by atoms with E-state index in [9.17, 15) is 19.0 Å². The molecule has 9 nitrogen and oxygen atoms in total. The monoisotopic (exact) mass is 1110 g/mol. The van der Waals surface area contributed by atoms with Crippen molar-refractivity contribution in [2.24, 2.45) is 5.73 Å². The maximum absolute atomic E-state index is 12.7. The first-order valence-corrected chi connectivity index (χ1v) is 34.1. The van der Waals surface area contributed by atoms with Crippen LogP contribution in [0, 0.1) is 0 Å². The van der Waals surface area contributed by atoms with E-state index in [1.54, 1.807) is 0 Å². The molecular formula is C68H122NO8P. The summed E-state index contributed by atoms with van der Waals surface area (Å²) in [6.45, 7) is 3.64. The van der Waals surface area contributed by atoms with E-state index in [0.29, 0.717) is 6.42 Å². The maximum atomic E-state index is 12.7. The number of carbonyl (C=O) groups excluding carboxylic acids is 2. The summed E-state index contributed by atoms with van der Waals surface area (Å²) in [7, 11) is -4.40. The second kappa shape index (κ2) is 63.4. The van der Waals surface area contributed by atoms with Gasteiger partial charge >= 0.3 is 19.8 Å². The second-order valence-corrected chi connectivity index (χ2v) is 23.1. The second-order valence-electron chi connectivity index (χ2n) is 21.6. The molecule has 0 fully saturated rings. The van der Waals surface area contributed by atoms with Crippen molar-refractivity contribution >= 4 is 19.8 Å². The normalized spacial score (nSPS) is 13.5. The van der Waals surface area contributed by atoms with Crippen molar-refractivity contribution in [2.75, 3.05) is 26.4 Å². The molecule has 78 heavy (non-hydrogen) atoms. The fourth-order valence-corrected chi connectivity index (χ4v) is 10.0. The molecule has 2 atom stereocenters. The Morgan fingerprint density at radius 1 is 0.397 bits per heavy atom. The number of hydrogen-bond acceptors (Lipinski definition) is 8. The number of phosphoric ester groups is 1. The molecule has 0 radical (unpaired) electrons. The summed E-state index contributed by atoms with van der Waals surface area (Å²) in [5.41, 5.74) is 5.39. The number of rotatable bonds is 61. The fraction of sp³-hybridized carbons (Fsp3) is 0.765. The van der Waals surface area contributed by atoms with Crippen molar-refractivity contribution in [1.29, 1.82) is 0 Å². The summed E-state index contributed by atoms with van der Waals surface area (Å²) in [4.78, 5) is 35.3. The number of carbonyl (C=O) groups is 2. The lowest BCUT2D eigenvalue weighted by atomic mass is 10.0. The van der Waals surface area contributed by atoms with Crippen LogP contribution in [0.4, 0.5) is 0 Å². The van der Waals surface area contributed by atoms with Crippen LogP contribution in [0.5, 0.6) is 0 Å². The summed E-state index contributed by atoms with van der Waals surface area (Å²) in [6, 6.07) is 0. The van der Waals surface area contributed by atoms with E-state index in [-0.39, 0.29) is 38.6 Å². The maximum Gasteiger partial charge on any atom is 0.472 e. The number of allylic oxidation sites excluding steroid dienone is 14. The zero-order valence-electron chi connectivity index (χ0n) is 50.6. The number of hydrogen-bond donors (Lipinski definition) is 2. The highest BCUT2D eigenvalue weighted by atomic mass is 31.2. The Hall–Kier alpha value is -2.81. The van der Waals surface area contributed by atoms with Gasteiger partial charge in [-0.3, -0.25) is 18.6 Å². The van der Waals surface area contributed by atoms with E-state index in [4.69, 9.17) is 24.3 Å². The molecule has 0 aliphatic rings. The Labute approximate surface area is 481 Å². The summed E-state index contributed by atoms with van der Waals surface area (Å²) < 4.78 is 33.1. The van der Waals surface area contributed by atoms with E-state index in [1.165, 1.54) is 173 Å². The molecule has 0 saturated heterocycles. The van der Waals surface area contributed by atoms with Crippen LogP contribution in [0.15, 0.2) is 85.1 Å². The first-order valence-electron chi connectivity index (χ1n) is 32.6.